The first-order valence-corrected chi connectivity index (χ1v) is 14.2. The Morgan fingerprint density at radius 1 is 1.17 bits per heavy atom. The van der Waals surface area contributed by atoms with Crippen LogP contribution >= 0.6 is 11.3 Å². The molecule has 1 saturated heterocycles. The van der Waals surface area contributed by atoms with Crippen molar-refractivity contribution in [3.05, 3.63) is 59.4 Å². The van der Waals surface area contributed by atoms with Crippen molar-refractivity contribution in [2.75, 3.05) is 20.8 Å². The van der Waals surface area contributed by atoms with E-state index < -0.39 is 15.9 Å². The molecule has 3 aromatic rings. The number of carbonyl (C=O) groups excluding carboxylic acids is 1. The van der Waals surface area contributed by atoms with Crippen LogP contribution in [0.15, 0.2) is 58.9 Å². The van der Waals surface area contributed by atoms with Crippen LogP contribution in [0, 0.1) is 0 Å². The lowest BCUT2D eigenvalue weighted by molar-refractivity contribution is 0.0997. The summed E-state index contributed by atoms with van der Waals surface area (Å²) in [6, 6.07) is 9.77. The van der Waals surface area contributed by atoms with E-state index in [1.165, 1.54) is 35.6 Å². The number of amides is 1. The van der Waals surface area contributed by atoms with Crippen molar-refractivity contribution in [1.82, 2.24) is 8.87 Å². The zero-order valence-electron chi connectivity index (χ0n) is 20.8. The Morgan fingerprint density at radius 3 is 2.50 bits per heavy atom. The molecule has 1 aliphatic heterocycles. The lowest BCUT2D eigenvalue weighted by Crippen LogP contribution is -2.43. The van der Waals surface area contributed by atoms with Crippen molar-refractivity contribution >= 4 is 37.5 Å². The number of methoxy groups -OCH3 is 2. The van der Waals surface area contributed by atoms with E-state index in [-0.39, 0.29) is 10.9 Å². The number of fused-ring (bicyclic) bond motifs is 1. The molecule has 4 rings (SSSR count). The highest BCUT2D eigenvalue weighted by Gasteiger charge is 2.32. The fourth-order valence-corrected chi connectivity index (χ4v) is 7.36. The van der Waals surface area contributed by atoms with Crippen LogP contribution in [0.5, 0.6) is 11.5 Å². The summed E-state index contributed by atoms with van der Waals surface area (Å²) in [7, 11) is -0.474. The van der Waals surface area contributed by atoms with Crippen LogP contribution in [-0.4, -0.2) is 50.0 Å². The Morgan fingerprint density at radius 2 is 1.86 bits per heavy atom. The zero-order chi connectivity index (χ0) is 25.9. The number of piperidine rings is 1. The van der Waals surface area contributed by atoms with Gasteiger partial charge in [-0.2, -0.15) is 9.30 Å². The molecule has 1 fully saturated rings. The van der Waals surface area contributed by atoms with Gasteiger partial charge in [0.2, 0.25) is 10.0 Å². The van der Waals surface area contributed by atoms with Gasteiger partial charge in [-0.15, -0.1) is 6.58 Å². The van der Waals surface area contributed by atoms with E-state index in [9.17, 15) is 13.2 Å². The molecule has 2 aromatic carbocycles. The normalized spacial score (nSPS) is 17.3. The quantitative estimate of drug-likeness (QED) is 0.398. The largest absolute Gasteiger partial charge is 0.493 e. The van der Waals surface area contributed by atoms with Gasteiger partial charge in [0.05, 0.1) is 29.3 Å². The summed E-state index contributed by atoms with van der Waals surface area (Å²) < 4.78 is 41.7. The molecule has 2 heterocycles. The van der Waals surface area contributed by atoms with Gasteiger partial charge < -0.3 is 14.0 Å². The van der Waals surface area contributed by atoms with Gasteiger partial charge in [-0.05, 0) is 43.5 Å². The first-order valence-electron chi connectivity index (χ1n) is 11.9. The van der Waals surface area contributed by atoms with Crippen LogP contribution in [-0.2, 0) is 16.6 Å². The molecule has 0 bridgehead atoms. The molecule has 0 saturated carbocycles. The molecule has 1 amide bonds. The van der Waals surface area contributed by atoms with Gasteiger partial charge in [0, 0.05) is 36.8 Å². The number of nitrogens with zero attached hydrogens (tertiary/aromatic N) is 3. The molecule has 0 spiro atoms. The average molecular weight is 530 g/mol. The van der Waals surface area contributed by atoms with Crippen molar-refractivity contribution < 1.29 is 22.7 Å². The topological polar surface area (TPSA) is 90.2 Å². The summed E-state index contributed by atoms with van der Waals surface area (Å²) in [4.78, 5) is 18.1. The van der Waals surface area contributed by atoms with E-state index in [1.54, 1.807) is 24.6 Å². The third-order valence-electron chi connectivity index (χ3n) is 6.45. The molecule has 1 atom stereocenters. The van der Waals surface area contributed by atoms with E-state index in [2.05, 4.69) is 11.6 Å². The second-order valence-corrected chi connectivity index (χ2v) is 11.5. The molecule has 1 aromatic heterocycles. The van der Waals surface area contributed by atoms with Gasteiger partial charge in [0.1, 0.15) is 0 Å². The van der Waals surface area contributed by atoms with Gasteiger partial charge in [-0.25, -0.2) is 8.42 Å². The summed E-state index contributed by atoms with van der Waals surface area (Å²) in [5.74, 6) is 0.714. The number of rotatable bonds is 8. The Hall–Kier alpha value is -2.95. The second kappa shape index (κ2) is 11.0. The maximum absolute atomic E-state index is 13.2. The van der Waals surface area contributed by atoms with Gasteiger partial charge in [0.15, 0.2) is 16.3 Å². The molecule has 1 aliphatic rings. The number of hydrogen-bond acceptors (Lipinski definition) is 6. The first-order chi connectivity index (χ1) is 17.3. The smallest absolute Gasteiger partial charge is 0.279 e. The summed E-state index contributed by atoms with van der Waals surface area (Å²) in [6.07, 6.45) is 5.30. The number of sulfonamides is 1. The fourth-order valence-electron chi connectivity index (χ4n) is 4.54. The number of aromatic nitrogens is 1. The molecule has 0 radical (unpaired) electrons. The van der Waals surface area contributed by atoms with Crippen LogP contribution in [0.3, 0.4) is 0 Å². The van der Waals surface area contributed by atoms with E-state index in [0.717, 1.165) is 35.9 Å². The van der Waals surface area contributed by atoms with Gasteiger partial charge in [-0.1, -0.05) is 30.8 Å². The monoisotopic (exact) mass is 529 g/mol. The molecule has 1 unspecified atom stereocenters. The van der Waals surface area contributed by atoms with Crippen LogP contribution in [0.1, 0.15) is 43.0 Å². The third-order valence-corrected chi connectivity index (χ3v) is 9.46. The van der Waals surface area contributed by atoms with Crippen molar-refractivity contribution in [3.8, 4) is 11.5 Å². The molecule has 0 aliphatic carbocycles. The minimum absolute atomic E-state index is 0.0190. The van der Waals surface area contributed by atoms with Crippen LogP contribution in [0.25, 0.3) is 10.2 Å². The van der Waals surface area contributed by atoms with Crippen LogP contribution < -0.4 is 14.3 Å². The maximum atomic E-state index is 13.2. The van der Waals surface area contributed by atoms with Crippen molar-refractivity contribution in [3.63, 3.8) is 0 Å². The number of allylic oxidation sites excluding steroid dienone is 1. The summed E-state index contributed by atoms with van der Waals surface area (Å²) in [5, 5.41) is 0. The van der Waals surface area contributed by atoms with Crippen molar-refractivity contribution in [1.29, 1.82) is 0 Å². The molecule has 36 heavy (non-hydrogen) atoms. The Bertz CT molecular complexity index is 1440. The van der Waals surface area contributed by atoms with E-state index in [1.807, 2.05) is 23.6 Å². The second-order valence-electron chi connectivity index (χ2n) is 8.57. The number of benzene rings is 2. The lowest BCUT2D eigenvalue weighted by atomic mass is 10.0. The fraction of sp³-hybridized carbons (Fsp3) is 0.385. The van der Waals surface area contributed by atoms with E-state index in [4.69, 9.17) is 9.47 Å². The number of carbonyl (C=O) groups is 1. The number of hydrogen-bond donors (Lipinski definition) is 0. The highest BCUT2D eigenvalue weighted by molar-refractivity contribution is 7.89. The summed E-state index contributed by atoms with van der Waals surface area (Å²) in [6.45, 7) is 6.82. The Labute approximate surface area is 215 Å². The predicted molar refractivity (Wildman–Crippen MR) is 141 cm³/mol. The summed E-state index contributed by atoms with van der Waals surface area (Å²) in [5.41, 5.74) is 1.16. The van der Waals surface area contributed by atoms with Gasteiger partial charge >= 0.3 is 0 Å². The SMILES string of the molecule is C=CCn1c(=NC(=O)c2ccc(S(=O)(=O)N3CCCCC3CC)cc2)sc2cc(OC)c(OC)cc21. The minimum atomic E-state index is -3.61. The number of ether oxygens (including phenoxy) is 2. The predicted octanol–water partition coefficient (Wildman–Crippen LogP) is 4.60. The van der Waals surface area contributed by atoms with Crippen molar-refractivity contribution in [2.24, 2.45) is 4.99 Å². The molecule has 8 nitrogen and oxygen atoms in total. The van der Waals surface area contributed by atoms with Crippen LogP contribution in [0.4, 0.5) is 0 Å². The Kier molecular flexibility index (Phi) is 7.97. The standard InChI is InChI=1S/C26H31N3O5S2/c1-5-14-28-21-16-22(33-3)23(34-4)17-24(21)35-26(28)27-25(30)18-10-12-20(13-11-18)36(31,32)29-15-8-7-9-19(29)6-2/h5,10-13,16-17,19H,1,6-9,14-15H2,2-4H3. The van der Waals surface area contributed by atoms with Gasteiger partial charge in [-0.3, -0.25) is 4.79 Å². The molecule has 0 N–H and O–H groups in total. The van der Waals surface area contributed by atoms with E-state index >= 15 is 0 Å². The van der Waals surface area contributed by atoms with E-state index in [0.29, 0.717) is 35.0 Å². The highest BCUT2D eigenvalue weighted by atomic mass is 32.2. The minimum Gasteiger partial charge on any atom is -0.493 e. The Balaban J connectivity index is 1.68. The maximum Gasteiger partial charge on any atom is 0.279 e. The molecular weight excluding hydrogens is 498 g/mol. The van der Waals surface area contributed by atoms with Crippen LogP contribution in [0.2, 0.25) is 0 Å². The molecule has 192 valence electrons. The van der Waals surface area contributed by atoms with Crippen molar-refractivity contribution in [2.45, 2.75) is 50.1 Å². The average Bonchev–Trinajstić information content (AvgIpc) is 3.23. The summed E-state index contributed by atoms with van der Waals surface area (Å²) >= 11 is 1.35. The first kappa shape index (κ1) is 26.1. The molecular formula is C26H31N3O5S2. The van der Waals surface area contributed by atoms with Gasteiger partial charge in [0.25, 0.3) is 5.91 Å². The zero-order valence-corrected chi connectivity index (χ0v) is 22.4. The highest BCUT2D eigenvalue weighted by Crippen LogP contribution is 2.33. The third kappa shape index (κ3) is 4.98. The molecule has 10 heteroatoms. The number of thiazole rings is 1. The lowest BCUT2D eigenvalue weighted by Gasteiger charge is -2.34.